The molecule has 1 amide bonds. The van der Waals surface area contributed by atoms with Crippen LogP contribution in [0.3, 0.4) is 0 Å². The van der Waals surface area contributed by atoms with Crippen LogP contribution in [-0.4, -0.2) is 16.8 Å². The summed E-state index contributed by atoms with van der Waals surface area (Å²) in [6, 6.07) is 10.6. The molecule has 0 saturated heterocycles. The minimum atomic E-state index is 0.287. The van der Waals surface area contributed by atoms with Crippen molar-refractivity contribution in [2.45, 2.75) is 59.0 Å². The Kier molecular flexibility index (Phi) is 6.48. The monoisotopic (exact) mass is 247 g/mol. The van der Waals surface area contributed by atoms with Gasteiger partial charge in [-0.1, -0.05) is 50.6 Å². The van der Waals surface area contributed by atoms with E-state index in [2.05, 4.69) is 32.9 Å². The fraction of sp³-hybridized carbons (Fsp3) is 0.562. The van der Waals surface area contributed by atoms with E-state index in [9.17, 15) is 4.79 Å². The molecular weight excluding hydrogens is 222 g/mol. The van der Waals surface area contributed by atoms with Crippen molar-refractivity contribution >= 4 is 5.91 Å². The molecule has 0 aliphatic heterocycles. The largest absolute Gasteiger partial charge is 0.336 e. The molecule has 2 nitrogen and oxygen atoms in total. The zero-order valence-electron chi connectivity index (χ0n) is 11.9. The second-order valence-corrected chi connectivity index (χ2v) is 4.87. The van der Waals surface area contributed by atoms with Crippen molar-refractivity contribution in [3.63, 3.8) is 0 Å². The zero-order valence-corrected chi connectivity index (χ0v) is 11.9. The Morgan fingerprint density at radius 3 is 2.44 bits per heavy atom. The fourth-order valence-corrected chi connectivity index (χ4v) is 1.96. The average molecular weight is 247 g/mol. The second kappa shape index (κ2) is 7.91. The molecule has 18 heavy (non-hydrogen) atoms. The van der Waals surface area contributed by atoms with Crippen LogP contribution in [0.15, 0.2) is 30.3 Å². The van der Waals surface area contributed by atoms with Crippen LogP contribution in [-0.2, 0) is 11.3 Å². The number of unbranched alkanes of at least 4 members (excludes halogenated alkanes) is 1. The Balaban J connectivity index is 2.69. The first kappa shape index (κ1) is 14.7. The maximum absolute atomic E-state index is 12.2. The molecule has 1 aromatic rings. The highest BCUT2D eigenvalue weighted by Gasteiger charge is 2.18. The molecule has 100 valence electrons. The number of carbonyl (C=O) groups excluding carboxylic acids is 1. The van der Waals surface area contributed by atoms with Crippen LogP contribution in [0.2, 0.25) is 0 Å². The number of nitrogens with zero attached hydrogens (tertiary/aromatic N) is 1. The number of hydrogen-bond acceptors (Lipinski definition) is 1. The first-order valence-electron chi connectivity index (χ1n) is 7.02. The molecule has 1 unspecified atom stereocenters. The van der Waals surface area contributed by atoms with E-state index in [1.807, 2.05) is 23.1 Å². The van der Waals surface area contributed by atoms with E-state index in [4.69, 9.17) is 0 Å². The van der Waals surface area contributed by atoms with Gasteiger partial charge in [-0.25, -0.2) is 0 Å². The molecule has 0 heterocycles. The summed E-state index contributed by atoms with van der Waals surface area (Å²) in [4.78, 5) is 14.3. The average Bonchev–Trinajstić information content (AvgIpc) is 2.42. The first-order valence-corrected chi connectivity index (χ1v) is 7.02. The van der Waals surface area contributed by atoms with E-state index >= 15 is 0 Å². The molecule has 0 aliphatic rings. The van der Waals surface area contributed by atoms with Gasteiger partial charge in [0.2, 0.25) is 5.91 Å². The highest BCUT2D eigenvalue weighted by atomic mass is 16.2. The predicted molar refractivity (Wildman–Crippen MR) is 76.3 cm³/mol. The molecule has 2 heteroatoms. The summed E-state index contributed by atoms with van der Waals surface area (Å²) in [5, 5.41) is 0. The Bertz CT molecular complexity index is 347. The topological polar surface area (TPSA) is 20.3 Å². The van der Waals surface area contributed by atoms with E-state index in [1.165, 1.54) is 5.56 Å². The molecule has 0 aromatic heterocycles. The molecular formula is C16H25NO. The summed E-state index contributed by atoms with van der Waals surface area (Å²) in [7, 11) is 0. The number of rotatable bonds is 7. The van der Waals surface area contributed by atoms with Gasteiger partial charge in [0.1, 0.15) is 0 Å². The Labute approximate surface area is 111 Å². The number of benzene rings is 1. The van der Waals surface area contributed by atoms with E-state index in [0.717, 1.165) is 25.8 Å². The van der Waals surface area contributed by atoms with Crippen LogP contribution in [0.25, 0.3) is 0 Å². The van der Waals surface area contributed by atoms with Crippen molar-refractivity contribution in [2.75, 3.05) is 0 Å². The van der Waals surface area contributed by atoms with Crippen LogP contribution < -0.4 is 0 Å². The van der Waals surface area contributed by atoms with E-state index < -0.39 is 0 Å². The lowest BCUT2D eigenvalue weighted by molar-refractivity contribution is -0.134. The molecule has 1 atom stereocenters. The fourth-order valence-electron chi connectivity index (χ4n) is 1.96. The van der Waals surface area contributed by atoms with E-state index in [1.54, 1.807) is 0 Å². The Morgan fingerprint density at radius 1 is 1.22 bits per heavy atom. The lowest BCUT2D eigenvalue weighted by Gasteiger charge is -2.29. The summed E-state index contributed by atoms with van der Waals surface area (Å²) in [6.45, 7) is 7.12. The highest BCUT2D eigenvalue weighted by molar-refractivity contribution is 5.76. The van der Waals surface area contributed by atoms with Gasteiger partial charge in [-0.15, -0.1) is 0 Å². The normalized spacial score (nSPS) is 12.2. The minimum Gasteiger partial charge on any atom is -0.336 e. The molecule has 1 aromatic carbocycles. The molecule has 0 aliphatic carbocycles. The van der Waals surface area contributed by atoms with Gasteiger partial charge < -0.3 is 4.90 Å². The van der Waals surface area contributed by atoms with Gasteiger partial charge in [0, 0.05) is 19.0 Å². The molecule has 0 saturated carbocycles. The second-order valence-electron chi connectivity index (χ2n) is 4.87. The standard InChI is InChI=1S/C16H25NO/c1-4-6-12-16(18)17(14(3)5-2)13-15-10-8-7-9-11-15/h7-11,14H,4-6,12-13H2,1-3H3. The SMILES string of the molecule is CCCCC(=O)N(Cc1ccccc1)C(C)CC. The van der Waals surface area contributed by atoms with Gasteiger partial charge >= 0.3 is 0 Å². The quantitative estimate of drug-likeness (QED) is 0.713. The van der Waals surface area contributed by atoms with Crippen molar-refractivity contribution in [3.8, 4) is 0 Å². The van der Waals surface area contributed by atoms with Gasteiger partial charge in [0.15, 0.2) is 0 Å². The number of carbonyl (C=O) groups is 1. The third-order valence-corrected chi connectivity index (χ3v) is 3.38. The molecule has 0 fully saturated rings. The van der Waals surface area contributed by atoms with Crippen molar-refractivity contribution < 1.29 is 4.79 Å². The van der Waals surface area contributed by atoms with Crippen LogP contribution in [0, 0.1) is 0 Å². The summed E-state index contributed by atoms with van der Waals surface area (Å²) < 4.78 is 0. The third kappa shape index (κ3) is 4.52. The van der Waals surface area contributed by atoms with Gasteiger partial charge in [-0.2, -0.15) is 0 Å². The van der Waals surface area contributed by atoms with Crippen molar-refractivity contribution in [3.05, 3.63) is 35.9 Å². The number of hydrogen-bond donors (Lipinski definition) is 0. The smallest absolute Gasteiger partial charge is 0.223 e. The lowest BCUT2D eigenvalue weighted by atomic mass is 10.1. The van der Waals surface area contributed by atoms with E-state index in [-0.39, 0.29) is 5.91 Å². The van der Waals surface area contributed by atoms with Crippen LogP contribution in [0.4, 0.5) is 0 Å². The number of amides is 1. The Hall–Kier alpha value is -1.31. The van der Waals surface area contributed by atoms with Crippen LogP contribution in [0.5, 0.6) is 0 Å². The molecule has 1 rings (SSSR count). The van der Waals surface area contributed by atoms with Crippen molar-refractivity contribution in [1.29, 1.82) is 0 Å². The molecule has 0 radical (unpaired) electrons. The molecule has 0 spiro atoms. The molecule has 0 bridgehead atoms. The minimum absolute atomic E-state index is 0.287. The van der Waals surface area contributed by atoms with Gasteiger partial charge in [-0.05, 0) is 25.3 Å². The Morgan fingerprint density at radius 2 is 1.89 bits per heavy atom. The van der Waals surface area contributed by atoms with E-state index in [0.29, 0.717) is 12.5 Å². The maximum atomic E-state index is 12.2. The van der Waals surface area contributed by atoms with Crippen molar-refractivity contribution in [1.82, 2.24) is 4.90 Å². The van der Waals surface area contributed by atoms with Gasteiger partial charge in [0.05, 0.1) is 0 Å². The zero-order chi connectivity index (χ0) is 13.4. The highest BCUT2D eigenvalue weighted by Crippen LogP contribution is 2.13. The van der Waals surface area contributed by atoms with Gasteiger partial charge in [-0.3, -0.25) is 4.79 Å². The third-order valence-electron chi connectivity index (χ3n) is 3.38. The summed E-state index contributed by atoms with van der Waals surface area (Å²) >= 11 is 0. The van der Waals surface area contributed by atoms with Crippen LogP contribution in [0.1, 0.15) is 52.0 Å². The summed E-state index contributed by atoms with van der Waals surface area (Å²) in [5.74, 6) is 0.287. The lowest BCUT2D eigenvalue weighted by Crippen LogP contribution is -2.37. The van der Waals surface area contributed by atoms with Crippen molar-refractivity contribution in [2.24, 2.45) is 0 Å². The first-order chi connectivity index (χ1) is 8.69. The van der Waals surface area contributed by atoms with Crippen LogP contribution >= 0.6 is 0 Å². The predicted octanol–water partition coefficient (Wildman–Crippen LogP) is 4.00. The van der Waals surface area contributed by atoms with Gasteiger partial charge in [0.25, 0.3) is 0 Å². The summed E-state index contributed by atoms with van der Waals surface area (Å²) in [6.07, 6.45) is 3.74. The molecule has 0 N–H and O–H groups in total. The summed E-state index contributed by atoms with van der Waals surface area (Å²) in [5.41, 5.74) is 1.21. The maximum Gasteiger partial charge on any atom is 0.223 e.